The van der Waals surface area contributed by atoms with E-state index in [2.05, 4.69) is 10.4 Å². The first-order chi connectivity index (χ1) is 12.5. The number of carbonyl (C=O) groups excluding carboxylic acids is 1. The van der Waals surface area contributed by atoms with E-state index in [1.807, 2.05) is 31.4 Å². The standard InChI is InChI=1S/C19H24N4O3/c1-11(2)23-15-8-12(3)26-18(15)14-9-20-22(19(25)17(14)23)10-16(24)21-13-6-4-5-7-13/h8-9,11,13H,4-7,10H2,1-3H3,(H,21,24). The highest BCUT2D eigenvalue weighted by Gasteiger charge is 2.22. The maximum Gasteiger partial charge on any atom is 0.291 e. The second-order valence-electron chi connectivity index (χ2n) is 7.45. The summed E-state index contributed by atoms with van der Waals surface area (Å²) in [7, 11) is 0. The van der Waals surface area contributed by atoms with Gasteiger partial charge in [-0.2, -0.15) is 5.10 Å². The number of rotatable bonds is 4. The molecule has 3 aromatic rings. The number of hydrogen-bond acceptors (Lipinski definition) is 4. The molecule has 7 heteroatoms. The summed E-state index contributed by atoms with van der Waals surface area (Å²) in [4.78, 5) is 25.3. The Balaban J connectivity index is 1.75. The number of aryl methyl sites for hydroxylation is 1. The summed E-state index contributed by atoms with van der Waals surface area (Å²) < 4.78 is 9.00. The van der Waals surface area contributed by atoms with Crippen LogP contribution in [0.1, 0.15) is 51.3 Å². The van der Waals surface area contributed by atoms with Gasteiger partial charge < -0.3 is 14.3 Å². The van der Waals surface area contributed by atoms with Crippen molar-refractivity contribution in [2.24, 2.45) is 0 Å². The molecule has 4 rings (SSSR count). The van der Waals surface area contributed by atoms with Gasteiger partial charge >= 0.3 is 0 Å². The Hall–Kier alpha value is -2.57. The van der Waals surface area contributed by atoms with Crippen molar-refractivity contribution in [3.05, 3.63) is 28.4 Å². The van der Waals surface area contributed by atoms with Gasteiger partial charge in [-0.05, 0) is 33.6 Å². The van der Waals surface area contributed by atoms with Gasteiger partial charge in [0.05, 0.1) is 17.1 Å². The predicted molar refractivity (Wildman–Crippen MR) is 99.3 cm³/mol. The second-order valence-corrected chi connectivity index (χ2v) is 7.45. The summed E-state index contributed by atoms with van der Waals surface area (Å²) in [5.74, 6) is 0.638. The molecule has 1 amide bonds. The minimum Gasteiger partial charge on any atom is -0.459 e. The molecular weight excluding hydrogens is 332 g/mol. The van der Waals surface area contributed by atoms with Crippen LogP contribution in [0.25, 0.3) is 22.0 Å². The van der Waals surface area contributed by atoms with Crippen molar-refractivity contribution in [3.63, 3.8) is 0 Å². The maximum absolute atomic E-state index is 13.0. The van der Waals surface area contributed by atoms with Gasteiger partial charge in [-0.15, -0.1) is 0 Å². The predicted octanol–water partition coefficient (Wildman–Crippen LogP) is 2.89. The summed E-state index contributed by atoms with van der Waals surface area (Å²) in [5.41, 5.74) is 1.84. The molecule has 26 heavy (non-hydrogen) atoms. The number of furan rings is 1. The monoisotopic (exact) mass is 356 g/mol. The highest BCUT2D eigenvalue weighted by Crippen LogP contribution is 2.31. The van der Waals surface area contributed by atoms with Crippen molar-refractivity contribution in [2.75, 3.05) is 0 Å². The number of hydrogen-bond donors (Lipinski definition) is 1. The average molecular weight is 356 g/mol. The minimum absolute atomic E-state index is 0.0606. The fourth-order valence-corrected chi connectivity index (χ4v) is 4.00. The normalized spacial score (nSPS) is 15.5. The van der Waals surface area contributed by atoms with Crippen molar-refractivity contribution < 1.29 is 9.21 Å². The highest BCUT2D eigenvalue weighted by molar-refractivity contribution is 6.04. The summed E-state index contributed by atoms with van der Waals surface area (Å²) in [5, 5.41) is 7.92. The first-order valence-corrected chi connectivity index (χ1v) is 9.25. The van der Waals surface area contributed by atoms with Crippen molar-refractivity contribution in [1.29, 1.82) is 0 Å². The third-order valence-electron chi connectivity index (χ3n) is 5.13. The zero-order valence-corrected chi connectivity index (χ0v) is 15.4. The zero-order valence-electron chi connectivity index (χ0n) is 15.4. The Morgan fingerprint density at radius 1 is 1.38 bits per heavy atom. The van der Waals surface area contributed by atoms with E-state index < -0.39 is 0 Å². The topological polar surface area (TPSA) is 82.1 Å². The van der Waals surface area contributed by atoms with Crippen LogP contribution < -0.4 is 10.9 Å². The highest BCUT2D eigenvalue weighted by atomic mass is 16.3. The van der Waals surface area contributed by atoms with E-state index in [0.717, 1.165) is 37.0 Å². The molecule has 3 heterocycles. The van der Waals surface area contributed by atoms with E-state index in [0.29, 0.717) is 16.5 Å². The lowest BCUT2D eigenvalue weighted by molar-refractivity contribution is -0.122. The Bertz CT molecular complexity index is 1030. The van der Waals surface area contributed by atoms with Crippen LogP contribution in [0.15, 0.2) is 21.5 Å². The fraction of sp³-hybridized carbons (Fsp3) is 0.526. The quantitative estimate of drug-likeness (QED) is 0.779. The molecule has 0 bridgehead atoms. The molecule has 138 valence electrons. The molecule has 0 radical (unpaired) electrons. The van der Waals surface area contributed by atoms with E-state index in [-0.39, 0.29) is 30.1 Å². The molecule has 1 aliphatic rings. The zero-order chi connectivity index (χ0) is 18.4. The summed E-state index contributed by atoms with van der Waals surface area (Å²) in [6, 6.07) is 2.25. The lowest BCUT2D eigenvalue weighted by Crippen LogP contribution is -2.38. The number of aromatic nitrogens is 3. The molecule has 1 fully saturated rings. The van der Waals surface area contributed by atoms with Gasteiger partial charge in [-0.3, -0.25) is 9.59 Å². The number of fused-ring (bicyclic) bond motifs is 3. The van der Waals surface area contributed by atoms with E-state index in [1.54, 1.807) is 6.20 Å². The maximum atomic E-state index is 13.0. The van der Waals surface area contributed by atoms with Crippen LogP contribution in [0.2, 0.25) is 0 Å². The van der Waals surface area contributed by atoms with Crippen molar-refractivity contribution >= 4 is 27.9 Å². The van der Waals surface area contributed by atoms with Crippen LogP contribution >= 0.6 is 0 Å². The molecule has 0 aliphatic heterocycles. The minimum atomic E-state index is -0.262. The van der Waals surface area contributed by atoms with Gasteiger partial charge in [0.25, 0.3) is 5.56 Å². The van der Waals surface area contributed by atoms with Crippen LogP contribution in [0.4, 0.5) is 0 Å². The molecule has 0 spiro atoms. The Morgan fingerprint density at radius 2 is 2.12 bits per heavy atom. The number of nitrogens with zero attached hydrogens (tertiary/aromatic N) is 3. The SMILES string of the molecule is Cc1cc2c(o1)c1cnn(CC(=O)NC3CCCC3)c(=O)c1n2C(C)C. The van der Waals surface area contributed by atoms with E-state index >= 15 is 0 Å². The number of nitrogens with one attached hydrogen (secondary N) is 1. The molecule has 1 aliphatic carbocycles. The number of amides is 1. The third kappa shape index (κ3) is 2.71. The largest absolute Gasteiger partial charge is 0.459 e. The van der Waals surface area contributed by atoms with Gasteiger partial charge in [0.1, 0.15) is 17.8 Å². The van der Waals surface area contributed by atoms with Crippen LogP contribution in [0.3, 0.4) is 0 Å². The van der Waals surface area contributed by atoms with Gasteiger partial charge in [0.15, 0.2) is 5.58 Å². The fourth-order valence-electron chi connectivity index (χ4n) is 4.00. The van der Waals surface area contributed by atoms with Gasteiger partial charge in [-0.1, -0.05) is 12.8 Å². The van der Waals surface area contributed by atoms with Crippen LogP contribution in [-0.2, 0) is 11.3 Å². The van der Waals surface area contributed by atoms with E-state index in [9.17, 15) is 9.59 Å². The summed E-state index contributed by atoms with van der Waals surface area (Å²) in [6.07, 6.45) is 5.95. The van der Waals surface area contributed by atoms with Gasteiger partial charge in [0, 0.05) is 18.2 Å². The molecule has 0 unspecified atom stereocenters. The van der Waals surface area contributed by atoms with E-state index in [1.165, 1.54) is 4.68 Å². The summed E-state index contributed by atoms with van der Waals surface area (Å²) >= 11 is 0. The van der Waals surface area contributed by atoms with Crippen LogP contribution in [-0.4, -0.2) is 26.3 Å². The Kier molecular flexibility index (Phi) is 4.09. The van der Waals surface area contributed by atoms with Gasteiger partial charge in [-0.25, -0.2) is 4.68 Å². The third-order valence-corrected chi connectivity index (χ3v) is 5.13. The molecule has 1 N–H and O–H groups in total. The second kappa shape index (κ2) is 6.30. The lowest BCUT2D eigenvalue weighted by Gasteiger charge is -2.13. The average Bonchev–Trinajstić information content (AvgIpc) is 3.26. The summed E-state index contributed by atoms with van der Waals surface area (Å²) in [6.45, 7) is 5.88. The van der Waals surface area contributed by atoms with Crippen molar-refractivity contribution in [2.45, 2.75) is 65.1 Å². The Morgan fingerprint density at radius 3 is 2.81 bits per heavy atom. The smallest absolute Gasteiger partial charge is 0.291 e. The molecule has 3 aromatic heterocycles. The van der Waals surface area contributed by atoms with Crippen LogP contribution in [0.5, 0.6) is 0 Å². The molecule has 7 nitrogen and oxygen atoms in total. The molecule has 0 saturated heterocycles. The first-order valence-electron chi connectivity index (χ1n) is 9.25. The molecular formula is C19H24N4O3. The molecule has 0 atom stereocenters. The van der Waals surface area contributed by atoms with E-state index in [4.69, 9.17) is 4.42 Å². The lowest BCUT2D eigenvalue weighted by atomic mass is 10.2. The molecule has 1 saturated carbocycles. The van der Waals surface area contributed by atoms with Crippen molar-refractivity contribution in [1.82, 2.24) is 19.7 Å². The van der Waals surface area contributed by atoms with Crippen molar-refractivity contribution in [3.8, 4) is 0 Å². The van der Waals surface area contributed by atoms with Crippen LogP contribution in [0, 0.1) is 6.92 Å². The number of carbonyl (C=O) groups is 1. The molecule has 0 aromatic carbocycles. The Labute approximate surface area is 151 Å². The first kappa shape index (κ1) is 16.9. The van der Waals surface area contributed by atoms with Gasteiger partial charge in [0.2, 0.25) is 5.91 Å².